The molecule has 0 bridgehead atoms. The molecule has 0 atom stereocenters. The lowest BCUT2D eigenvalue weighted by Crippen LogP contribution is -2.32. The van der Waals surface area contributed by atoms with E-state index in [-0.39, 0.29) is 18.4 Å². The molecule has 0 spiro atoms. The second-order valence-corrected chi connectivity index (χ2v) is 4.41. The van der Waals surface area contributed by atoms with Gasteiger partial charge in [-0.2, -0.15) is 5.10 Å². The lowest BCUT2D eigenvalue weighted by molar-refractivity contribution is -0.141. The van der Waals surface area contributed by atoms with E-state index in [9.17, 15) is 9.59 Å². The van der Waals surface area contributed by atoms with Gasteiger partial charge >= 0.3 is 5.97 Å². The highest BCUT2D eigenvalue weighted by Gasteiger charge is 2.16. The summed E-state index contributed by atoms with van der Waals surface area (Å²) in [5.41, 5.74) is 1.33. The van der Waals surface area contributed by atoms with Gasteiger partial charge in [0.25, 0.3) is 5.91 Å². The highest BCUT2D eigenvalue weighted by atomic mass is 16.5. The molecule has 1 N–H and O–H groups in total. The van der Waals surface area contributed by atoms with Crippen LogP contribution in [0.1, 0.15) is 49.8 Å². The van der Waals surface area contributed by atoms with Crippen LogP contribution in [-0.4, -0.2) is 34.8 Å². The number of nitrogens with one attached hydrogen (secondary N) is 1. The highest BCUT2D eigenvalue weighted by molar-refractivity contribution is 5.94. The summed E-state index contributed by atoms with van der Waals surface area (Å²) in [4.78, 5) is 23.2. The van der Waals surface area contributed by atoms with Crippen molar-refractivity contribution in [3.63, 3.8) is 0 Å². The quantitative estimate of drug-likeness (QED) is 0.789. The van der Waals surface area contributed by atoms with Gasteiger partial charge in [0, 0.05) is 6.54 Å². The molecule has 6 heteroatoms. The zero-order chi connectivity index (χ0) is 14.4. The van der Waals surface area contributed by atoms with Gasteiger partial charge in [0.15, 0.2) is 0 Å². The summed E-state index contributed by atoms with van der Waals surface area (Å²) in [6.45, 7) is 8.46. The fourth-order valence-corrected chi connectivity index (χ4v) is 1.60. The van der Waals surface area contributed by atoms with E-state index in [0.717, 1.165) is 5.69 Å². The van der Waals surface area contributed by atoms with Gasteiger partial charge in [-0.1, -0.05) is 13.8 Å². The summed E-state index contributed by atoms with van der Waals surface area (Å²) >= 11 is 0. The standard InChI is InChI=1S/C13H21N3O3/c1-5-16-11(7-10(15-16)9(3)4)13(18)14-8-12(17)19-6-2/h7,9H,5-6,8H2,1-4H3,(H,14,18). The second-order valence-electron chi connectivity index (χ2n) is 4.41. The third-order valence-electron chi connectivity index (χ3n) is 2.62. The number of aromatic nitrogens is 2. The van der Waals surface area contributed by atoms with Gasteiger partial charge in [-0.25, -0.2) is 0 Å². The number of amides is 1. The van der Waals surface area contributed by atoms with Gasteiger partial charge in [0.2, 0.25) is 0 Å². The van der Waals surface area contributed by atoms with Crippen LogP contribution in [0, 0.1) is 0 Å². The van der Waals surface area contributed by atoms with Gasteiger partial charge in [0.05, 0.1) is 12.3 Å². The van der Waals surface area contributed by atoms with Crippen molar-refractivity contribution in [2.24, 2.45) is 0 Å². The van der Waals surface area contributed by atoms with Crippen LogP contribution in [0.2, 0.25) is 0 Å². The lowest BCUT2D eigenvalue weighted by Gasteiger charge is -2.06. The third kappa shape index (κ3) is 4.08. The summed E-state index contributed by atoms with van der Waals surface area (Å²) in [5.74, 6) is -0.499. The predicted octanol–water partition coefficient (Wildman–Crippen LogP) is 1.32. The predicted molar refractivity (Wildman–Crippen MR) is 71.0 cm³/mol. The number of ether oxygens (including phenoxy) is 1. The molecule has 0 saturated heterocycles. The van der Waals surface area contributed by atoms with Crippen LogP contribution in [0.3, 0.4) is 0 Å². The molecule has 1 heterocycles. The van der Waals surface area contributed by atoms with Crippen molar-refractivity contribution in [1.82, 2.24) is 15.1 Å². The maximum Gasteiger partial charge on any atom is 0.325 e. The minimum atomic E-state index is -0.442. The van der Waals surface area contributed by atoms with E-state index in [1.807, 2.05) is 20.8 Å². The molecule has 0 aromatic carbocycles. The number of aryl methyl sites for hydroxylation is 1. The molecule has 19 heavy (non-hydrogen) atoms. The average molecular weight is 267 g/mol. The summed E-state index contributed by atoms with van der Waals surface area (Å²) in [5, 5.41) is 6.89. The van der Waals surface area contributed by atoms with Gasteiger partial charge in [-0.05, 0) is 25.8 Å². The molecule has 0 unspecified atom stereocenters. The van der Waals surface area contributed by atoms with Crippen molar-refractivity contribution in [2.75, 3.05) is 13.2 Å². The number of rotatable bonds is 6. The van der Waals surface area contributed by atoms with E-state index < -0.39 is 5.97 Å². The van der Waals surface area contributed by atoms with Crippen molar-refractivity contribution < 1.29 is 14.3 Å². The van der Waals surface area contributed by atoms with Gasteiger partial charge in [-0.15, -0.1) is 0 Å². The largest absolute Gasteiger partial charge is 0.465 e. The monoisotopic (exact) mass is 267 g/mol. The van der Waals surface area contributed by atoms with Crippen LogP contribution < -0.4 is 5.32 Å². The molecule has 0 saturated carbocycles. The number of nitrogens with zero attached hydrogens (tertiary/aromatic N) is 2. The van der Waals surface area contributed by atoms with Crippen molar-refractivity contribution in [3.8, 4) is 0 Å². The molecule has 0 fully saturated rings. The van der Waals surface area contributed by atoms with E-state index in [2.05, 4.69) is 10.4 Å². The number of hydrogen-bond acceptors (Lipinski definition) is 4. The molecule has 0 aliphatic carbocycles. The normalized spacial score (nSPS) is 10.6. The molecule has 0 aliphatic rings. The smallest absolute Gasteiger partial charge is 0.325 e. The van der Waals surface area contributed by atoms with Crippen LogP contribution in [0.25, 0.3) is 0 Å². The van der Waals surface area contributed by atoms with Gasteiger partial charge in [-0.3, -0.25) is 14.3 Å². The Morgan fingerprint density at radius 1 is 1.42 bits per heavy atom. The van der Waals surface area contributed by atoms with Crippen molar-refractivity contribution >= 4 is 11.9 Å². The zero-order valence-corrected chi connectivity index (χ0v) is 11.9. The summed E-state index contributed by atoms with van der Waals surface area (Å²) in [6, 6.07) is 1.76. The first kappa shape index (κ1) is 15.2. The topological polar surface area (TPSA) is 73.2 Å². The fourth-order valence-electron chi connectivity index (χ4n) is 1.60. The van der Waals surface area contributed by atoms with Crippen molar-refractivity contribution in [3.05, 3.63) is 17.5 Å². The second kappa shape index (κ2) is 6.92. The molecule has 1 amide bonds. The summed E-state index contributed by atoms with van der Waals surface area (Å²) in [7, 11) is 0. The number of carbonyl (C=O) groups is 2. The van der Waals surface area contributed by atoms with Crippen LogP contribution in [0.15, 0.2) is 6.07 Å². The summed E-state index contributed by atoms with van der Waals surface area (Å²) < 4.78 is 6.39. The lowest BCUT2D eigenvalue weighted by atomic mass is 10.1. The molecule has 106 valence electrons. The van der Waals surface area contributed by atoms with Gasteiger partial charge < -0.3 is 10.1 Å². The third-order valence-corrected chi connectivity index (χ3v) is 2.62. The van der Waals surface area contributed by atoms with E-state index >= 15 is 0 Å². The Bertz CT molecular complexity index is 452. The van der Waals surface area contributed by atoms with Gasteiger partial charge in [0.1, 0.15) is 12.2 Å². The average Bonchev–Trinajstić information content (AvgIpc) is 2.80. The van der Waals surface area contributed by atoms with Crippen LogP contribution in [0.4, 0.5) is 0 Å². The minimum Gasteiger partial charge on any atom is -0.465 e. The van der Waals surface area contributed by atoms with Crippen LogP contribution in [-0.2, 0) is 16.1 Å². The SMILES string of the molecule is CCOC(=O)CNC(=O)c1cc(C(C)C)nn1CC. The highest BCUT2D eigenvalue weighted by Crippen LogP contribution is 2.14. The van der Waals surface area contributed by atoms with Crippen molar-refractivity contribution in [2.45, 2.75) is 40.2 Å². The Kier molecular flexibility index (Phi) is 5.54. The first-order chi connectivity index (χ1) is 8.99. The molecule has 0 aliphatic heterocycles. The molecule has 6 nitrogen and oxygen atoms in total. The van der Waals surface area contributed by atoms with Crippen molar-refractivity contribution in [1.29, 1.82) is 0 Å². The molecular formula is C13H21N3O3. The first-order valence-corrected chi connectivity index (χ1v) is 6.51. The Balaban J connectivity index is 2.73. The Hall–Kier alpha value is -1.85. The minimum absolute atomic E-state index is 0.126. The number of hydrogen-bond donors (Lipinski definition) is 1. The van der Waals surface area contributed by atoms with Crippen LogP contribution in [0.5, 0.6) is 0 Å². The molecule has 1 rings (SSSR count). The maximum atomic E-state index is 12.0. The Morgan fingerprint density at radius 2 is 2.11 bits per heavy atom. The van der Waals surface area contributed by atoms with E-state index in [1.165, 1.54) is 0 Å². The number of esters is 1. The maximum absolute atomic E-state index is 12.0. The fraction of sp³-hybridized carbons (Fsp3) is 0.615. The molecule has 1 aromatic rings. The first-order valence-electron chi connectivity index (χ1n) is 6.51. The summed E-state index contributed by atoms with van der Waals surface area (Å²) in [6.07, 6.45) is 0. The van der Waals surface area contributed by atoms with E-state index in [4.69, 9.17) is 4.74 Å². The van der Waals surface area contributed by atoms with E-state index in [0.29, 0.717) is 18.8 Å². The molecule has 0 radical (unpaired) electrons. The van der Waals surface area contributed by atoms with Crippen LogP contribution >= 0.6 is 0 Å². The molecule has 1 aromatic heterocycles. The Morgan fingerprint density at radius 3 is 2.63 bits per heavy atom. The van der Waals surface area contributed by atoms with E-state index in [1.54, 1.807) is 17.7 Å². The molecular weight excluding hydrogens is 246 g/mol. The Labute approximate surface area is 113 Å². The zero-order valence-electron chi connectivity index (χ0n) is 11.9. The number of carbonyl (C=O) groups excluding carboxylic acids is 2.